The van der Waals surface area contributed by atoms with Crippen LogP contribution in [-0.4, -0.2) is 19.3 Å². The highest BCUT2D eigenvalue weighted by Gasteiger charge is 2.20. The number of nitrogens with one attached hydrogen (secondary N) is 1. The predicted octanol–water partition coefficient (Wildman–Crippen LogP) is 4.58. The molecule has 1 N–H and O–H groups in total. The zero-order valence-corrected chi connectivity index (χ0v) is 13.1. The van der Waals surface area contributed by atoms with E-state index in [4.69, 9.17) is 4.74 Å². The second-order valence-corrected chi connectivity index (χ2v) is 6.25. The summed E-state index contributed by atoms with van der Waals surface area (Å²) in [6.07, 6.45) is 5.13. The lowest BCUT2D eigenvalue weighted by Gasteiger charge is -2.29. The zero-order valence-electron chi connectivity index (χ0n) is 9.88. The van der Waals surface area contributed by atoms with Crippen molar-refractivity contribution in [3.05, 3.63) is 27.1 Å². The highest BCUT2D eigenvalue weighted by atomic mass is 79.9. The maximum atomic E-state index is 5.39. The number of benzene rings is 1. The van der Waals surface area contributed by atoms with Gasteiger partial charge in [0.1, 0.15) is 0 Å². The predicted molar refractivity (Wildman–Crippen MR) is 78.5 cm³/mol. The summed E-state index contributed by atoms with van der Waals surface area (Å²) in [6.45, 7) is 0. The van der Waals surface area contributed by atoms with E-state index in [0.717, 1.165) is 21.8 Å². The maximum absolute atomic E-state index is 5.39. The molecule has 0 aromatic heterocycles. The van der Waals surface area contributed by atoms with E-state index in [-0.39, 0.29) is 0 Å². The molecule has 1 saturated carbocycles. The molecule has 94 valence electrons. The normalized spacial score (nSPS) is 24.6. The van der Waals surface area contributed by atoms with E-state index in [1.54, 1.807) is 0 Å². The molecular formula is C13H17Br2NO. The molecule has 0 bridgehead atoms. The van der Waals surface area contributed by atoms with Gasteiger partial charge in [-0.05, 0) is 59.8 Å². The van der Waals surface area contributed by atoms with Crippen molar-refractivity contribution < 1.29 is 4.74 Å². The first-order chi connectivity index (χ1) is 8.19. The highest BCUT2D eigenvalue weighted by molar-refractivity contribution is 9.11. The largest absolute Gasteiger partial charge is 0.381 e. The van der Waals surface area contributed by atoms with E-state index < -0.39 is 0 Å². The first-order valence-corrected chi connectivity index (χ1v) is 7.52. The molecule has 0 atom stereocenters. The standard InChI is InChI=1S/C13H17Br2NO/c1-17-11-5-3-10(4-6-11)16-13-7-2-9(14)8-12(13)15/h2,7-8,10-11,16H,3-6H2,1H3. The number of ether oxygens (including phenoxy) is 1. The van der Waals surface area contributed by atoms with Crippen LogP contribution in [-0.2, 0) is 4.74 Å². The van der Waals surface area contributed by atoms with E-state index >= 15 is 0 Å². The van der Waals surface area contributed by atoms with Gasteiger partial charge in [-0.3, -0.25) is 0 Å². The van der Waals surface area contributed by atoms with Crippen molar-refractivity contribution in [2.24, 2.45) is 0 Å². The number of halogens is 2. The lowest BCUT2D eigenvalue weighted by molar-refractivity contribution is 0.0682. The van der Waals surface area contributed by atoms with Crippen molar-refractivity contribution in [3.8, 4) is 0 Å². The van der Waals surface area contributed by atoms with Crippen LogP contribution in [0.4, 0.5) is 5.69 Å². The molecule has 0 spiro atoms. The molecule has 1 aromatic carbocycles. The van der Waals surface area contributed by atoms with Crippen LogP contribution in [0.2, 0.25) is 0 Å². The average molecular weight is 363 g/mol. The van der Waals surface area contributed by atoms with Gasteiger partial charge in [-0.15, -0.1) is 0 Å². The summed E-state index contributed by atoms with van der Waals surface area (Å²) in [5.41, 5.74) is 1.18. The van der Waals surface area contributed by atoms with Gasteiger partial charge >= 0.3 is 0 Å². The Hall–Kier alpha value is -0.0600. The molecule has 1 aliphatic carbocycles. The smallest absolute Gasteiger partial charge is 0.0572 e. The molecule has 0 radical (unpaired) electrons. The Morgan fingerprint density at radius 3 is 2.47 bits per heavy atom. The van der Waals surface area contributed by atoms with Gasteiger partial charge in [-0.2, -0.15) is 0 Å². The summed E-state index contributed by atoms with van der Waals surface area (Å²) in [5, 5.41) is 3.60. The lowest BCUT2D eigenvalue weighted by Crippen LogP contribution is -2.29. The van der Waals surface area contributed by atoms with Crippen molar-refractivity contribution in [1.29, 1.82) is 0 Å². The monoisotopic (exact) mass is 361 g/mol. The van der Waals surface area contributed by atoms with E-state index in [2.05, 4.69) is 55.4 Å². The van der Waals surface area contributed by atoms with Gasteiger partial charge in [0, 0.05) is 27.8 Å². The molecule has 2 nitrogen and oxygen atoms in total. The molecule has 1 aliphatic rings. The first-order valence-electron chi connectivity index (χ1n) is 5.93. The first kappa shape index (κ1) is 13.4. The fraction of sp³-hybridized carbons (Fsp3) is 0.538. The number of hydrogen-bond acceptors (Lipinski definition) is 2. The molecule has 0 amide bonds. The molecule has 0 heterocycles. The van der Waals surface area contributed by atoms with Crippen LogP contribution in [0.25, 0.3) is 0 Å². The third-order valence-corrected chi connectivity index (χ3v) is 4.45. The third kappa shape index (κ3) is 3.70. The Morgan fingerprint density at radius 1 is 1.18 bits per heavy atom. The van der Waals surface area contributed by atoms with Gasteiger partial charge in [0.15, 0.2) is 0 Å². The van der Waals surface area contributed by atoms with E-state index in [0.29, 0.717) is 12.1 Å². The molecule has 0 unspecified atom stereocenters. The maximum Gasteiger partial charge on any atom is 0.0572 e. The Balaban J connectivity index is 1.93. The summed E-state index contributed by atoms with van der Waals surface area (Å²) in [5.74, 6) is 0. The topological polar surface area (TPSA) is 21.3 Å². The highest BCUT2D eigenvalue weighted by Crippen LogP contribution is 2.29. The van der Waals surface area contributed by atoms with Crippen LogP contribution >= 0.6 is 31.9 Å². The van der Waals surface area contributed by atoms with Crippen molar-refractivity contribution in [2.45, 2.75) is 37.8 Å². The van der Waals surface area contributed by atoms with Crippen molar-refractivity contribution in [1.82, 2.24) is 0 Å². The molecular weight excluding hydrogens is 346 g/mol. The lowest BCUT2D eigenvalue weighted by atomic mass is 9.93. The summed E-state index contributed by atoms with van der Waals surface area (Å²) in [6, 6.07) is 6.81. The van der Waals surface area contributed by atoms with Gasteiger partial charge < -0.3 is 10.1 Å². The second-order valence-electron chi connectivity index (χ2n) is 4.48. The Kier molecular flexibility index (Phi) is 4.88. The van der Waals surface area contributed by atoms with Crippen molar-refractivity contribution in [3.63, 3.8) is 0 Å². The van der Waals surface area contributed by atoms with E-state index in [1.165, 1.54) is 18.5 Å². The van der Waals surface area contributed by atoms with Gasteiger partial charge in [0.25, 0.3) is 0 Å². The fourth-order valence-electron chi connectivity index (χ4n) is 2.27. The van der Waals surface area contributed by atoms with Gasteiger partial charge in [-0.25, -0.2) is 0 Å². The Bertz CT molecular complexity index is 376. The summed E-state index contributed by atoms with van der Waals surface area (Å²) >= 11 is 7.05. The molecule has 0 saturated heterocycles. The number of anilines is 1. The third-order valence-electron chi connectivity index (χ3n) is 3.30. The number of hydrogen-bond donors (Lipinski definition) is 1. The van der Waals surface area contributed by atoms with E-state index in [1.807, 2.05) is 7.11 Å². The molecule has 1 aromatic rings. The molecule has 0 aliphatic heterocycles. The number of rotatable bonds is 3. The minimum atomic E-state index is 0.460. The zero-order chi connectivity index (χ0) is 12.3. The molecule has 4 heteroatoms. The van der Waals surface area contributed by atoms with Gasteiger partial charge in [0.2, 0.25) is 0 Å². The average Bonchev–Trinajstić information content (AvgIpc) is 2.34. The van der Waals surface area contributed by atoms with Gasteiger partial charge in [-0.1, -0.05) is 15.9 Å². The van der Waals surface area contributed by atoms with Crippen LogP contribution < -0.4 is 5.32 Å². The number of methoxy groups -OCH3 is 1. The Labute approximate surface area is 119 Å². The van der Waals surface area contributed by atoms with Crippen LogP contribution in [0.1, 0.15) is 25.7 Å². The minimum absolute atomic E-state index is 0.460. The second kappa shape index (κ2) is 6.21. The molecule has 17 heavy (non-hydrogen) atoms. The van der Waals surface area contributed by atoms with E-state index in [9.17, 15) is 0 Å². The van der Waals surface area contributed by atoms with Crippen molar-refractivity contribution >= 4 is 37.5 Å². The summed E-state index contributed by atoms with van der Waals surface area (Å²) in [4.78, 5) is 0. The minimum Gasteiger partial charge on any atom is -0.381 e. The van der Waals surface area contributed by atoms with Crippen LogP contribution in [0.15, 0.2) is 27.1 Å². The van der Waals surface area contributed by atoms with Crippen LogP contribution in [0.3, 0.4) is 0 Å². The van der Waals surface area contributed by atoms with Crippen LogP contribution in [0, 0.1) is 0 Å². The summed E-state index contributed by atoms with van der Waals surface area (Å²) < 4.78 is 7.59. The SMILES string of the molecule is COC1CCC(Nc2ccc(Br)cc2Br)CC1. The van der Waals surface area contributed by atoms with Crippen LogP contribution in [0.5, 0.6) is 0 Å². The summed E-state index contributed by atoms with van der Waals surface area (Å²) in [7, 11) is 1.81. The molecule has 1 fully saturated rings. The Morgan fingerprint density at radius 2 is 1.88 bits per heavy atom. The molecule has 2 rings (SSSR count). The quantitative estimate of drug-likeness (QED) is 0.849. The fourth-order valence-corrected chi connectivity index (χ4v) is 3.43. The van der Waals surface area contributed by atoms with Gasteiger partial charge in [0.05, 0.1) is 6.10 Å². The van der Waals surface area contributed by atoms with Crippen molar-refractivity contribution in [2.75, 3.05) is 12.4 Å².